The normalized spacial score (nSPS) is 26.2. The summed E-state index contributed by atoms with van der Waals surface area (Å²) in [5.41, 5.74) is -0.0484. The lowest BCUT2D eigenvalue weighted by Crippen LogP contribution is -2.37. The lowest BCUT2D eigenvalue weighted by molar-refractivity contribution is -0.114. The number of morpholine rings is 1. The molecular formula is C21H21F2N7O3. The fourth-order valence-electron chi connectivity index (χ4n) is 4.86. The van der Waals surface area contributed by atoms with Crippen molar-refractivity contribution < 1.29 is 23.1 Å². The molecule has 6 rings (SSSR count). The van der Waals surface area contributed by atoms with E-state index in [4.69, 9.17) is 4.74 Å². The highest BCUT2D eigenvalue weighted by molar-refractivity contribution is 6.08. The molecule has 2 aliphatic heterocycles. The van der Waals surface area contributed by atoms with Gasteiger partial charge in [-0.05, 0) is 25.3 Å². The van der Waals surface area contributed by atoms with Crippen molar-refractivity contribution >= 4 is 29.3 Å². The van der Waals surface area contributed by atoms with Crippen molar-refractivity contribution in [2.75, 3.05) is 23.4 Å². The van der Waals surface area contributed by atoms with E-state index >= 15 is 0 Å². The Kier molecular flexibility index (Phi) is 4.64. The van der Waals surface area contributed by atoms with E-state index in [2.05, 4.69) is 25.4 Å². The molecule has 0 spiro atoms. The molecule has 1 N–H and O–H groups in total. The van der Waals surface area contributed by atoms with E-state index in [1.807, 2.05) is 6.07 Å². The first-order chi connectivity index (χ1) is 16.0. The second-order valence-corrected chi connectivity index (χ2v) is 8.79. The molecule has 2 saturated heterocycles. The molecule has 3 aromatic heterocycles. The van der Waals surface area contributed by atoms with Gasteiger partial charge in [-0.2, -0.15) is 10.2 Å². The van der Waals surface area contributed by atoms with E-state index in [0.29, 0.717) is 25.1 Å². The Morgan fingerprint density at radius 1 is 1.27 bits per heavy atom. The van der Waals surface area contributed by atoms with Crippen molar-refractivity contribution in [2.24, 2.45) is 5.92 Å². The molecule has 0 aromatic carbocycles. The Morgan fingerprint density at radius 2 is 2.12 bits per heavy atom. The molecule has 0 unspecified atom stereocenters. The number of alkyl halides is 2. The highest BCUT2D eigenvalue weighted by atomic mass is 19.3. The van der Waals surface area contributed by atoms with E-state index in [1.54, 1.807) is 6.20 Å². The number of aldehydes is 1. The highest BCUT2D eigenvalue weighted by Gasteiger charge is 2.40. The molecule has 1 aliphatic carbocycles. The minimum absolute atomic E-state index is 0.0611. The Balaban J connectivity index is 1.26. The number of hydrogen-bond acceptors (Lipinski definition) is 7. The first-order valence-electron chi connectivity index (χ1n) is 10.9. The fourth-order valence-corrected chi connectivity index (χ4v) is 4.86. The molecule has 2 bridgehead atoms. The zero-order valence-corrected chi connectivity index (χ0v) is 17.5. The van der Waals surface area contributed by atoms with E-state index < -0.39 is 18.0 Å². The maximum absolute atomic E-state index is 13.6. The molecule has 12 heteroatoms. The number of fused-ring (bicyclic) bond motifs is 3. The van der Waals surface area contributed by atoms with Gasteiger partial charge in [-0.15, -0.1) is 0 Å². The molecule has 33 heavy (non-hydrogen) atoms. The summed E-state index contributed by atoms with van der Waals surface area (Å²) in [6.45, 7) is 1.39. The molecule has 1 saturated carbocycles. The zero-order chi connectivity index (χ0) is 22.7. The SMILES string of the molecule is O=CC1CC(n2cc(NC(=O)c3cnn4ccc(N5C[C@H]6C[C@@H]5CO6)nc34)c(C(F)F)n2)C1. The lowest BCUT2D eigenvalue weighted by Gasteiger charge is -2.31. The monoisotopic (exact) mass is 457 g/mol. The van der Waals surface area contributed by atoms with Gasteiger partial charge in [0.25, 0.3) is 12.3 Å². The first kappa shape index (κ1) is 20.2. The van der Waals surface area contributed by atoms with Crippen LogP contribution in [-0.2, 0) is 9.53 Å². The summed E-state index contributed by atoms with van der Waals surface area (Å²) in [6, 6.07) is 1.96. The summed E-state index contributed by atoms with van der Waals surface area (Å²) in [7, 11) is 0. The summed E-state index contributed by atoms with van der Waals surface area (Å²) in [5.74, 6) is 0.0501. The van der Waals surface area contributed by atoms with Crippen LogP contribution in [0.25, 0.3) is 5.65 Å². The number of hydrogen-bond donors (Lipinski definition) is 1. The Morgan fingerprint density at radius 3 is 2.82 bits per heavy atom. The first-order valence-corrected chi connectivity index (χ1v) is 10.9. The number of amides is 1. The molecular weight excluding hydrogens is 436 g/mol. The van der Waals surface area contributed by atoms with Crippen molar-refractivity contribution in [3.63, 3.8) is 0 Å². The van der Waals surface area contributed by atoms with Gasteiger partial charge in [-0.25, -0.2) is 18.3 Å². The lowest BCUT2D eigenvalue weighted by atomic mass is 9.81. The molecule has 3 fully saturated rings. The van der Waals surface area contributed by atoms with Crippen molar-refractivity contribution in [1.29, 1.82) is 0 Å². The average Bonchev–Trinajstić information content (AvgIpc) is 3.55. The van der Waals surface area contributed by atoms with Crippen LogP contribution in [0.3, 0.4) is 0 Å². The minimum atomic E-state index is -2.86. The standard InChI is InChI=1S/C21H21F2N7O3/c22-19(23)18-16(8-30(27-18)12-3-11(4-12)9-31)25-21(32)15-6-24-29-2-1-17(26-20(15)29)28-7-14-5-13(28)10-33-14/h1-2,6,8-9,11-14,19H,3-5,7,10H2,(H,25,32)/t11?,12?,13-,14-/m1/s1. The number of rotatable bonds is 6. The van der Waals surface area contributed by atoms with E-state index in [0.717, 1.165) is 25.1 Å². The third-order valence-electron chi connectivity index (χ3n) is 6.73. The Bertz CT molecular complexity index is 1240. The second kappa shape index (κ2) is 7.58. The quantitative estimate of drug-likeness (QED) is 0.566. The van der Waals surface area contributed by atoms with Crippen LogP contribution in [0.5, 0.6) is 0 Å². The predicted octanol–water partition coefficient (Wildman–Crippen LogP) is 2.24. The van der Waals surface area contributed by atoms with Crippen LogP contribution in [0, 0.1) is 5.92 Å². The van der Waals surface area contributed by atoms with Crippen molar-refractivity contribution in [3.05, 3.63) is 35.9 Å². The van der Waals surface area contributed by atoms with Gasteiger partial charge in [0.1, 0.15) is 17.7 Å². The van der Waals surface area contributed by atoms with Crippen LogP contribution in [0.1, 0.15) is 47.8 Å². The van der Waals surface area contributed by atoms with E-state index in [1.165, 1.54) is 21.6 Å². The molecule has 2 atom stereocenters. The molecule has 172 valence electrons. The van der Waals surface area contributed by atoms with Gasteiger partial charge in [-0.1, -0.05) is 0 Å². The number of anilines is 2. The zero-order valence-electron chi connectivity index (χ0n) is 17.5. The summed E-state index contributed by atoms with van der Waals surface area (Å²) >= 11 is 0. The van der Waals surface area contributed by atoms with Gasteiger partial charge in [-0.3, -0.25) is 9.48 Å². The van der Waals surface area contributed by atoms with Crippen LogP contribution < -0.4 is 10.2 Å². The number of ether oxygens (including phenoxy) is 1. The molecule has 3 aromatic rings. The molecule has 1 amide bonds. The van der Waals surface area contributed by atoms with Gasteiger partial charge in [0, 0.05) is 24.9 Å². The Labute approximate surface area is 186 Å². The van der Waals surface area contributed by atoms with Crippen LogP contribution in [0.15, 0.2) is 24.7 Å². The van der Waals surface area contributed by atoms with Gasteiger partial charge in [0.15, 0.2) is 11.3 Å². The summed E-state index contributed by atoms with van der Waals surface area (Å²) < 4.78 is 35.7. The van der Waals surface area contributed by atoms with Crippen LogP contribution in [-0.4, -0.2) is 61.9 Å². The van der Waals surface area contributed by atoms with E-state index in [9.17, 15) is 18.4 Å². The predicted molar refractivity (Wildman–Crippen MR) is 111 cm³/mol. The number of halogens is 2. The van der Waals surface area contributed by atoms with Gasteiger partial charge < -0.3 is 19.7 Å². The van der Waals surface area contributed by atoms with Crippen LogP contribution in [0.4, 0.5) is 20.3 Å². The summed E-state index contributed by atoms with van der Waals surface area (Å²) in [5, 5.41) is 10.7. The second-order valence-electron chi connectivity index (χ2n) is 8.79. The smallest absolute Gasteiger partial charge is 0.284 e. The van der Waals surface area contributed by atoms with Crippen LogP contribution in [0.2, 0.25) is 0 Å². The van der Waals surface area contributed by atoms with Crippen LogP contribution >= 0.6 is 0 Å². The van der Waals surface area contributed by atoms with Gasteiger partial charge in [0.2, 0.25) is 0 Å². The topological polar surface area (TPSA) is 107 Å². The molecule has 10 nitrogen and oxygen atoms in total. The van der Waals surface area contributed by atoms with Crippen molar-refractivity contribution in [1.82, 2.24) is 24.4 Å². The molecule has 3 aliphatic rings. The van der Waals surface area contributed by atoms with Crippen molar-refractivity contribution in [3.8, 4) is 0 Å². The number of carbonyl (C=O) groups excluding carboxylic acids is 2. The minimum Gasteiger partial charge on any atom is -0.374 e. The third kappa shape index (κ3) is 3.36. The van der Waals surface area contributed by atoms with Gasteiger partial charge in [0.05, 0.1) is 36.7 Å². The highest BCUT2D eigenvalue weighted by Crippen LogP contribution is 2.38. The number of carbonyl (C=O) groups is 2. The largest absolute Gasteiger partial charge is 0.374 e. The maximum Gasteiger partial charge on any atom is 0.284 e. The molecule has 5 heterocycles. The van der Waals surface area contributed by atoms with Crippen molar-refractivity contribution in [2.45, 2.75) is 43.9 Å². The number of aromatic nitrogens is 5. The fraction of sp³-hybridized carbons (Fsp3) is 0.476. The average molecular weight is 457 g/mol. The summed E-state index contributed by atoms with van der Waals surface area (Å²) in [4.78, 5) is 30.7. The summed E-state index contributed by atoms with van der Waals surface area (Å²) in [6.07, 6.45) is 4.75. The van der Waals surface area contributed by atoms with Gasteiger partial charge >= 0.3 is 0 Å². The Hall–Kier alpha value is -3.41. The maximum atomic E-state index is 13.6. The number of nitrogens with zero attached hydrogens (tertiary/aromatic N) is 6. The number of nitrogens with one attached hydrogen (secondary N) is 1. The third-order valence-corrected chi connectivity index (χ3v) is 6.73. The van der Waals surface area contributed by atoms with E-state index in [-0.39, 0.29) is 35.4 Å². The molecule has 0 radical (unpaired) electrons.